The maximum Gasteiger partial charge on any atom is 0.422 e. The molecule has 0 spiro atoms. The maximum absolute atomic E-state index is 12.1. The van der Waals surface area contributed by atoms with E-state index in [0.717, 1.165) is 18.4 Å². The van der Waals surface area contributed by atoms with Crippen LogP contribution in [0.1, 0.15) is 18.4 Å². The zero-order valence-corrected chi connectivity index (χ0v) is 12.9. The number of halogens is 3. The van der Waals surface area contributed by atoms with Crippen molar-refractivity contribution in [2.75, 3.05) is 33.0 Å². The summed E-state index contributed by atoms with van der Waals surface area (Å²) >= 11 is 0. The van der Waals surface area contributed by atoms with Gasteiger partial charge in [-0.15, -0.1) is 0 Å². The molecule has 7 heteroatoms. The lowest BCUT2D eigenvalue weighted by Gasteiger charge is -2.35. The molecule has 1 aromatic rings. The highest BCUT2D eigenvalue weighted by molar-refractivity contribution is 5.27. The first kappa shape index (κ1) is 18.0. The Labute approximate surface area is 133 Å². The van der Waals surface area contributed by atoms with E-state index < -0.39 is 12.8 Å². The van der Waals surface area contributed by atoms with Gasteiger partial charge in [0.25, 0.3) is 0 Å². The molecular weight excluding hydrogens is 311 g/mol. The Morgan fingerprint density at radius 2 is 1.83 bits per heavy atom. The quantitative estimate of drug-likeness (QED) is 0.805. The molecule has 23 heavy (non-hydrogen) atoms. The predicted octanol–water partition coefficient (Wildman–Crippen LogP) is 2.51. The minimum absolute atomic E-state index is 0.119. The molecule has 0 radical (unpaired) electrons. The molecule has 0 unspecified atom stereocenters. The monoisotopic (exact) mass is 333 g/mol. The lowest BCUT2D eigenvalue weighted by Crippen LogP contribution is -2.41. The van der Waals surface area contributed by atoms with E-state index in [9.17, 15) is 18.3 Å². The first-order valence-electron chi connectivity index (χ1n) is 7.60. The minimum Gasteiger partial charge on any atom is -0.484 e. The molecule has 1 saturated heterocycles. The van der Waals surface area contributed by atoms with Crippen molar-refractivity contribution in [3.63, 3.8) is 0 Å². The Hall–Kier alpha value is -1.31. The molecule has 0 aliphatic carbocycles. The van der Waals surface area contributed by atoms with E-state index >= 15 is 0 Å². The number of ether oxygens (including phenoxy) is 2. The Balaban J connectivity index is 1.77. The third kappa shape index (κ3) is 6.01. The van der Waals surface area contributed by atoms with Crippen LogP contribution in [0, 0.1) is 5.41 Å². The van der Waals surface area contributed by atoms with E-state index in [1.165, 1.54) is 12.1 Å². The first-order chi connectivity index (χ1) is 10.9. The highest BCUT2D eigenvalue weighted by Crippen LogP contribution is 2.29. The van der Waals surface area contributed by atoms with Gasteiger partial charge in [-0.2, -0.15) is 13.2 Å². The van der Waals surface area contributed by atoms with E-state index in [1.807, 2.05) is 0 Å². The van der Waals surface area contributed by atoms with Crippen molar-refractivity contribution in [3.05, 3.63) is 29.8 Å². The van der Waals surface area contributed by atoms with Gasteiger partial charge in [0.05, 0.1) is 6.61 Å². The zero-order valence-electron chi connectivity index (χ0n) is 12.9. The number of hydrogen-bond donors (Lipinski definition) is 2. The van der Waals surface area contributed by atoms with Crippen LogP contribution in [0.4, 0.5) is 13.2 Å². The molecule has 0 bridgehead atoms. The van der Waals surface area contributed by atoms with E-state index in [4.69, 9.17) is 4.74 Å². The Bertz CT molecular complexity index is 470. The minimum atomic E-state index is -4.33. The summed E-state index contributed by atoms with van der Waals surface area (Å²) in [6, 6.07) is 6.51. The fraction of sp³-hybridized carbons (Fsp3) is 0.625. The standard InChI is InChI=1S/C16H22F3NO3/c17-16(18,19)12-23-14-3-1-13(2-4-14)9-20-10-15(11-21)5-7-22-8-6-15/h1-4,20-21H,5-12H2. The zero-order chi connectivity index (χ0) is 16.8. The molecule has 1 aromatic carbocycles. The van der Waals surface area contributed by atoms with Crippen LogP contribution < -0.4 is 10.1 Å². The van der Waals surface area contributed by atoms with Crippen LogP contribution in [-0.2, 0) is 11.3 Å². The van der Waals surface area contributed by atoms with Crippen LogP contribution in [0.3, 0.4) is 0 Å². The largest absolute Gasteiger partial charge is 0.484 e. The fourth-order valence-electron chi connectivity index (χ4n) is 2.54. The van der Waals surface area contributed by atoms with Gasteiger partial charge in [0, 0.05) is 31.7 Å². The molecule has 1 heterocycles. The molecule has 0 amide bonds. The topological polar surface area (TPSA) is 50.7 Å². The molecule has 2 N–H and O–H groups in total. The third-order valence-corrected chi connectivity index (χ3v) is 4.04. The second-order valence-corrected chi connectivity index (χ2v) is 5.92. The Morgan fingerprint density at radius 1 is 1.17 bits per heavy atom. The van der Waals surface area contributed by atoms with Crippen molar-refractivity contribution in [1.29, 1.82) is 0 Å². The molecule has 1 aliphatic heterocycles. The second-order valence-electron chi connectivity index (χ2n) is 5.92. The normalized spacial score (nSPS) is 17.9. The molecule has 0 saturated carbocycles. The summed E-state index contributed by atoms with van der Waals surface area (Å²) in [4.78, 5) is 0. The van der Waals surface area contributed by atoms with E-state index in [1.54, 1.807) is 12.1 Å². The van der Waals surface area contributed by atoms with Gasteiger partial charge in [-0.25, -0.2) is 0 Å². The SMILES string of the molecule is OCC1(CNCc2ccc(OCC(F)(F)F)cc2)CCOCC1. The van der Waals surface area contributed by atoms with E-state index in [2.05, 4.69) is 10.1 Å². The van der Waals surface area contributed by atoms with Gasteiger partial charge in [-0.3, -0.25) is 0 Å². The number of aliphatic hydroxyl groups excluding tert-OH is 1. The highest BCUT2D eigenvalue weighted by atomic mass is 19.4. The summed E-state index contributed by atoms with van der Waals surface area (Å²) < 4.78 is 46.2. The molecule has 0 atom stereocenters. The predicted molar refractivity (Wildman–Crippen MR) is 79.3 cm³/mol. The van der Waals surface area contributed by atoms with Crippen molar-refractivity contribution in [1.82, 2.24) is 5.32 Å². The van der Waals surface area contributed by atoms with Crippen LogP contribution in [-0.4, -0.2) is 44.3 Å². The number of rotatable bonds is 7. The summed E-state index contributed by atoms with van der Waals surface area (Å²) in [6.07, 6.45) is -2.69. The Morgan fingerprint density at radius 3 is 2.39 bits per heavy atom. The summed E-state index contributed by atoms with van der Waals surface area (Å²) in [7, 11) is 0. The highest BCUT2D eigenvalue weighted by Gasteiger charge is 2.31. The van der Waals surface area contributed by atoms with Crippen LogP contribution in [0.5, 0.6) is 5.75 Å². The van der Waals surface area contributed by atoms with Crippen molar-refractivity contribution in [2.24, 2.45) is 5.41 Å². The van der Waals surface area contributed by atoms with Gasteiger partial charge in [0.2, 0.25) is 0 Å². The van der Waals surface area contributed by atoms with Crippen LogP contribution in [0.2, 0.25) is 0 Å². The van der Waals surface area contributed by atoms with Gasteiger partial charge in [0.15, 0.2) is 6.61 Å². The second kappa shape index (κ2) is 7.99. The van der Waals surface area contributed by atoms with E-state index in [-0.39, 0.29) is 17.8 Å². The van der Waals surface area contributed by atoms with Crippen LogP contribution in [0.25, 0.3) is 0 Å². The molecule has 0 aromatic heterocycles. The van der Waals surface area contributed by atoms with Crippen molar-refractivity contribution in [3.8, 4) is 5.75 Å². The number of benzene rings is 1. The maximum atomic E-state index is 12.1. The lowest BCUT2D eigenvalue weighted by molar-refractivity contribution is -0.153. The number of aliphatic hydroxyl groups is 1. The third-order valence-electron chi connectivity index (χ3n) is 4.04. The number of nitrogens with one attached hydrogen (secondary N) is 1. The summed E-state index contributed by atoms with van der Waals surface area (Å²) in [5, 5.41) is 12.9. The summed E-state index contributed by atoms with van der Waals surface area (Å²) in [6.45, 7) is 1.42. The average molecular weight is 333 g/mol. The van der Waals surface area contributed by atoms with Crippen molar-refractivity contribution < 1.29 is 27.8 Å². The summed E-state index contributed by atoms with van der Waals surface area (Å²) in [5.41, 5.74) is 0.804. The van der Waals surface area contributed by atoms with Gasteiger partial charge in [-0.1, -0.05) is 12.1 Å². The number of hydrogen-bond acceptors (Lipinski definition) is 4. The van der Waals surface area contributed by atoms with Gasteiger partial charge in [-0.05, 0) is 30.5 Å². The van der Waals surface area contributed by atoms with Crippen LogP contribution >= 0.6 is 0 Å². The Kier molecular flexibility index (Phi) is 6.26. The van der Waals surface area contributed by atoms with Gasteiger partial charge >= 0.3 is 6.18 Å². The molecule has 130 valence electrons. The summed E-state index contributed by atoms with van der Waals surface area (Å²) in [5.74, 6) is 0.197. The van der Waals surface area contributed by atoms with Gasteiger partial charge in [0.1, 0.15) is 5.75 Å². The van der Waals surface area contributed by atoms with Crippen LogP contribution in [0.15, 0.2) is 24.3 Å². The molecule has 1 aliphatic rings. The molecule has 2 rings (SSSR count). The molecule has 4 nitrogen and oxygen atoms in total. The van der Waals surface area contributed by atoms with Crippen molar-refractivity contribution >= 4 is 0 Å². The smallest absolute Gasteiger partial charge is 0.422 e. The number of alkyl halides is 3. The van der Waals surface area contributed by atoms with Crippen molar-refractivity contribution in [2.45, 2.75) is 25.6 Å². The first-order valence-corrected chi connectivity index (χ1v) is 7.60. The molecule has 1 fully saturated rings. The lowest BCUT2D eigenvalue weighted by atomic mass is 9.81. The molecular formula is C16H22F3NO3. The van der Waals surface area contributed by atoms with E-state index in [0.29, 0.717) is 26.3 Å². The average Bonchev–Trinajstić information content (AvgIpc) is 2.54. The fourth-order valence-corrected chi connectivity index (χ4v) is 2.54. The van der Waals surface area contributed by atoms with Gasteiger partial charge < -0.3 is 19.9 Å².